The van der Waals surface area contributed by atoms with E-state index in [4.69, 9.17) is 4.74 Å². The van der Waals surface area contributed by atoms with Crippen molar-refractivity contribution in [3.8, 4) is 0 Å². The molecule has 2 aliphatic rings. The lowest BCUT2D eigenvalue weighted by atomic mass is 9.82. The molecule has 2 N–H and O–H groups in total. The molecule has 0 aromatic carbocycles. The van der Waals surface area contributed by atoms with Crippen LogP contribution in [-0.4, -0.2) is 30.1 Å². The van der Waals surface area contributed by atoms with Crippen molar-refractivity contribution in [2.45, 2.75) is 77.0 Å². The molecule has 6 nitrogen and oxygen atoms in total. The summed E-state index contributed by atoms with van der Waals surface area (Å²) >= 11 is 1.46. The SMILES string of the molecule is COC(=O)c1c(NC(=O)[C@H]2CC=CC[C@H]2C(=O)O)sc2c1CCCCCCCCCC2. The Morgan fingerprint density at radius 3 is 2.13 bits per heavy atom. The maximum Gasteiger partial charge on any atom is 0.341 e. The van der Waals surface area contributed by atoms with Crippen molar-refractivity contribution in [2.24, 2.45) is 11.8 Å². The zero-order valence-corrected chi connectivity index (χ0v) is 19.1. The van der Waals surface area contributed by atoms with Gasteiger partial charge in [-0.15, -0.1) is 11.3 Å². The van der Waals surface area contributed by atoms with Crippen molar-refractivity contribution in [3.63, 3.8) is 0 Å². The molecule has 0 radical (unpaired) electrons. The first-order valence-electron chi connectivity index (χ1n) is 11.4. The third-order valence-electron chi connectivity index (χ3n) is 6.38. The summed E-state index contributed by atoms with van der Waals surface area (Å²) < 4.78 is 5.07. The molecule has 0 fully saturated rings. The molecular formula is C24H33NO5S. The van der Waals surface area contributed by atoms with Gasteiger partial charge in [-0.05, 0) is 44.1 Å². The van der Waals surface area contributed by atoms with Crippen LogP contribution in [0.3, 0.4) is 0 Å². The van der Waals surface area contributed by atoms with Gasteiger partial charge in [0.15, 0.2) is 0 Å². The number of allylic oxidation sites excluding steroid dienone is 2. The maximum absolute atomic E-state index is 13.0. The molecule has 0 spiro atoms. The Hall–Kier alpha value is -2.15. The van der Waals surface area contributed by atoms with Crippen LogP contribution in [-0.2, 0) is 27.2 Å². The predicted molar refractivity (Wildman–Crippen MR) is 122 cm³/mol. The number of carboxylic acids is 1. The lowest BCUT2D eigenvalue weighted by molar-refractivity contribution is -0.146. The van der Waals surface area contributed by atoms with E-state index >= 15 is 0 Å². The Labute approximate surface area is 188 Å². The molecule has 0 saturated carbocycles. The van der Waals surface area contributed by atoms with Gasteiger partial charge in [-0.1, -0.05) is 50.7 Å². The van der Waals surface area contributed by atoms with Gasteiger partial charge in [0.05, 0.1) is 24.5 Å². The topological polar surface area (TPSA) is 92.7 Å². The van der Waals surface area contributed by atoms with E-state index in [9.17, 15) is 19.5 Å². The van der Waals surface area contributed by atoms with Crippen molar-refractivity contribution < 1.29 is 24.2 Å². The Kier molecular flexibility index (Phi) is 8.69. The summed E-state index contributed by atoms with van der Waals surface area (Å²) in [5.74, 6) is -3.11. The number of hydrogen-bond donors (Lipinski definition) is 2. The number of fused-ring (bicyclic) bond motifs is 1. The monoisotopic (exact) mass is 447 g/mol. The van der Waals surface area contributed by atoms with Crippen LogP contribution in [0.25, 0.3) is 0 Å². The number of aryl methyl sites for hydroxylation is 1. The summed E-state index contributed by atoms with van der Waals surface area (Å²) in [6.45, 7) is 0. The van der Waals surface area contributed by atoms with Gasteiger partial charge < -0.3 is 15.2 Å². The number of hydrogen-bond acceptors (Lipinski definition) is 5. The van der Waals surface area contributed by atoms with E-state index in [0.717, 1.165) is 42.5 Å². The number of methoxy groups -OCH3 is 1. The third-order valence-corrected chi connectivity index (χ3v) is 7.59. The van der Waals surface area contributed by atoms with Crippen LogP contribution in [0, 0.1) is 11.8 Å². The summed E-state index contributed by atoms with van der Waals surface area (Å²) in [4.78, 5) is 38.5. The van der Waals surface area contributed by atoms with Crippen molar-refractivity contribution in [3.05, 3.63) is 28.2 Å². The first-order chi connectivity index (χ1) is 15.0. The number of carbonyl (C=O) groups is 3. The van der Waals surface area contributed by atoms with Crippen LogP contribution >= 0.6 is 11.3 Å². The van der Waals surface area contributed by atoms with E-state index in [1.54, 1.807) is 0 Å². The fraction of sp³-hybridized carbons (Fsp3) is 0.625. The number of carboxylic acid groups (broad SMARTS) is 1. The van der Waals surface area contributed by atoms with Gasteiger partial charge in [0.1, 0.15) is 5.00 Å². The number of nitrogens with one attached hydrogen (secondary N) is 1. The van der Waals surface area contributed by atoms with Crippen molar-refractivity contribution in [1.29, 1.82) is 0 Å². The van der Waals surface area contributed by atoms with Gasteiger partial charge in [0.2, 0.25) is 5.91 Å². The van der Waals surface area contributed by atoms with E-state index in [2.05, 4.69) is 5.32 Å². The number of ether oxygens (including phenoxy) is 1. The van der Waals surface area contributed by atoms with Crippen LogP contribution < -0.4 is 5.32 Å². The molecule has 0 unspecified atom stereocenters. The van der Waals surface area contributed by atoms with Crippen LogP contribution in [0.4, 0.5) is 5.00 Å². The van der Waals surface area contributed by atoms with Crippen molar-refractivity contribution in [1.82, 2.24) is 0 Å². The number of amides is 1. The highest BCUT2D eigenvalue weighted by Crippen LogP contribution is 2.38. The molecular weight excluding hydrogens is 414 g/mol. The molecule has 1 aromatic heterocycles. The Morgan fingerprint density at radius 1 is 0.935 bits per heavy atom. The van der Waals surface area contributed by atoms with Gasteiger partial charge in [-0.25, -0.2) is 4.79 Å². The summed E-state index contributed by atoms with van der Waals surface area (Å²) in [5, 5.41) is 12.9. The largest absolute Gasteiger partial charge is 0.481 e. The second-order valence-electron chi connectivity index (χ2n) is 8.51. The van der Waals surface area contributed by atoms with E-state index < -0.39 is 23.8 Å². The fourth-order valence-electron chi connectivity index (χ4n) is 4.61. The molecule has 170 valence electrons. The van der Waals surface area contributed by atoms with Gasteiger partial charge in [0, 0.05) is 4.88 Å². The second-order valence-corrected chi connectivity index (χ2v) is 9.62. The number of anilines is 1. The molecule has 2 aliphatic carbocycles. The smallest absolute Gasteiger partial charge is 0.341 e. The maximum atomic E-state index is 13.0. The molecule has 31 heavy (non-hydrogen) atoms. The summed E-state index contributed by atoms with van der Waals surface area (Å²) in [7, 11) is 1.36. The first-order valence-corrected chi connectivity index (χ1v) is 12.3. The first kappa shape index (κ1) is 23.5. The van der Waals surface area contributed by atoms with E-state index in [0.29, 0.717) is 23.4 Å². The molecule has 3 rings (SSSR count). The molecule has 7 heteroatoms. The van der Waals surface area contributed by atoms with Gasteiger partial charge >= 0.3 is 11.9 Å². The summed E-state index contributed by atoms with van der Waals surface area (Å²) in [6.07, 6.45) is 15.5. The highest BCUT2D eigenvalue weighted by atomic mass is 32.1. The van der Waals surface area contributed by atoms with Crippen LogP contribution in [0.15, 0.2) is 12.2 Å². The fourth-order valence-corrected chi connectivity index (χ4v) is 5.89. The Morgan fingerprint density at radius 2 is 1.52 bits per heavy atom. The van der Waals surface area contributed by atoms with Gasteiger partial charge in [0.25, 0.3) is 0 Å². The standard InChI is InChI=1S/C24H33NO5S/c1-30-24(29)20-18-14-8-6-4-2-3-5-7-9-15-19(18)31-22(20)25-21(26)16-12-10-11-13-17(16)23(27)28/h10-11,16-17H,2-9,12-15H2,1H3,(H,25,26)(H,27,28)/t16-,17+/m0/s1. The second kappa shape index (κ2) is 11.5. The Bertz CT molecular complexity index is 828. The van der Waals surface area contributed by atoms with Crippen LogP contribution in [0.2, 0.25) is 0 Å². The number of aliphatic carboxylic acids is 1. The quantitative estimate of drug-likeness (QED) is 0.479. The zero-order valence-electron chi connectivity index (χ0n) is 18.3. The molecule has 0 aliphatic heterocycles. The molecule has 1 aromatic rings. The van der Waals surface area contributed by atoms with Crippen LogP contribution in [0.1, 0.15) is 85.0 Å². The highest BCUT2D eigenvalue weighted by Gasteiger charge is 2.35. The number of thiophene rings is 1. The van der Waals surface area contributed by atoms with Gasteiger partial charge in [-0.3, -0.25) is 9.59 Å². The van der Waals surface area contributed by atoms with E-state index in [-0.39, 0.29) is 5.91 Å². The van der Waals surface area contributed by atoms with E-state index in [1.807, 2.05) is 12.2 Å². The average Bonchev–Trinajstić information content (AvgIpc) is 3.09. The highest BCUT2D eigenvalue weighted by molar-refractivity contribution is 7.17. The lowest BCUT2D eigenvalue weighted by Crippen LogP contribution is -2.34. The average molecular weight is 448 g/mol. The lowest BCUT2D eigenvalue weighted by Gasteiger charge is -2.24. The minimum Gasteiger partial charge on any atom is -0.481 e. The van der Waals surface area contributed by atoms with E-state index in [1.165, 1.54) is 50.6 Å². The molecule has 0 saturated heterocycles. The van der Waals surface area contributed by atoms with Gasteiger partial charge in [-0.2, -0.15) is 0 Å². The summed E-state index contributed by atoms with van der Waals surface area (Å²) in [6, 6.07) is 0. The predicted octanol–water partition coefficient (Wildman–Crippen LogP) is 5.36. The Balaban J connectivity index is 1.88. The number of esters is 1. The number of carbonyl (C=O) groups excluding carboxylic acids is 2. The molecule has 0 bridgehead atoms. The van der Waals surface area contributed by atoms with Crippen molar-refractivity contribution >= 4 is 34.2 Å². The normalized spacial score (nSPS) is 22.5. The molecule has 1 amide bonds. The minimum absolute atomic E-state index is 0.334. The molecule has 1 heterocycles. The third kappa shape index (κ3) is 5.97. The molecule has 2 atom stereocenters. The number of rotatable bonds is 4. The van der Waals surface area contributed by atoms with Crippen LogP contribution in [0.5, 0.6) is 0 Å². The summed E-state index contributed by atoms with van der Waals surface area (Å²) in [5.41, 5.74) is 1.47. The minimum atomic E-state index is -0.962. The van der Waals surface area contributed by atoms with Crippen molar-refractivity contribution in [2.75, 3.05) is 12.4 Å². The zero-order chi connectivity index (χ0) is 22.2.